The Balaban J connectivity index is 1.31. The fourth-order valence-corrected chi connectivity index (χ4v) is 6.14. The molecule has 1 saturated heterocycles. The second-order valence-corrected chi connectivity index (χ2v) is 11.8. The van der Waals surface area contributed by atoms with Crippen molar-refractivity contribution in [3.8, 4) is 11.1 Å². The summed E-state index contributed by atoms with van der Waals surface area (Å²) in [5.74, 6) is -0.478. The summed E-state index contributed by atoms with van der Waals surface area (Å²) >= 11 is 1.66. The number of benzene rings is 3. The van der Waals surface area contributed by atoms with Gasteiger partial charge in [0.25, 0.3) is 0 Å². The second-order valence-electron chi connectivity index (χ2n) is 10.8. The number of ether oxygens (including phenoxy) is 2. The molecule has 4 aromatic rings. The van der Waals surface area contributed by atoms with Crippen LogP contribution in [0.15, 0.2) is 102 Å². The van der Waals surface area contributed by atoms with Crippen molar-refractivity contribution >= 4 is 23.6 Å². The molecule has 2 heterocycles. The molecule has 1 amide bonds. The van der Waals surface area contributed by atoms with Crippen molar-refractivity contribution in [2.75, 3.05) is 5.75 Å². The predicted octanol–water partition coefficient (Wildman–Crippen LogP) is 6.31. The molecule has 1 aliphatic heterocycles. The zero-order chi connectivity index (χ0) is 30.9. The minimum atomic E-state index is -0.991. The van der Waals surface area contributed by atoms with Crippen molar-refractivity contribution in [1.82, 2.24) is 10.3 Å². The first kappa shape index (κ1) is 31.4. The predicted molar refractivity (Wildman–Crippen MR) is 169 cm³/mol. The van der Waals surface area contributed by atoms with Crippen molar-refractivity contribution in [1.29, 1.82) is 0 Å². The molecule has 3 N–H and O–H groups in total. The van der Waals surface area contributed by atoms with E-state index >= 15 is 0 Å². The van der Waals surface area contributed by atoms with Gasteiger partial charge in [-0.05, 0) is 46.0 Å². The lowest BCUT2D eigenvalue weighted by atomic mass is 9.91. The van der Waals surface area contributed by atoms with E-state index in [-0.39, 0.29) is 43.5 Å². The quantitative estimate of drug-likeness (QED) is 0.160. The summed E-state index contributed by atoms with van der Waals surface area (Å²) in [4.78, 5) is 27.1. The molecule has 0 aliphatic carbocycles. The standard InChI is InChI=1S/C35H36N2O6S/c1-23-30(22-44-32-7-2-3-18-36-32)42-35(43-34(23)27-10-8-24(21-38)9-11-27)28-14-12-26(13-15-28)29-6-4-5-25(19-29)20-37-31(39)16-17-33(40)41/h2-15,18-19,23,30,34-35,38H,16-17,20-22H2,1H3,(H,37,39)(H,40,41)/t23-,30+,34+,35+/m1/s1. The van der Waals surface area contributed by atoms with Crippen LogP contribution in [0.4, 0.5) is 0 Å². The SMILES string of the molecule is C[C@@H]1[C@H](CSc2ccccn2)O[C@H](c2ccc(-c3cccc(CNC(=O)CCC(=O)O)c3)cc2)O[C@@H]1c1ccc(CO)cc1. The molecule has 9 heteroatoms. The second kappa shape index (κ2) is 15.1. The molecule has 3 aromatic carbocycles. The van der Waals surface area contributed by atoms with Crippen LogP contribution < -0.4 is 5.32 Å². The highest BCUT2D eigenvalue weighted by molar-refractivity contribution is 7.99. The number of carboxylic acids is 1. The lowest BCUT2D eigenvalue weighted by Gasteiger charge is -2.41. The number of aromatic nitrogens is 1. The molecule has 44 heavy (non-hydrogen) atoms. The van der Waals surface area contributed by atoms with E-state index < -0.39 is 12.3 Å². The number of amides is 1. The smallest absolute Gasteiger partial charge is 0.303 e. The Labute approximate surface area is 261 Å². The Bertz CT molecular complexity index is 1530. The van der Waals surface area contributed by atoms with Crippen LogP contribution in [0.25, 0.3) is 11.1 Å². The van der Waals surface area contributed by atoms with E-state index in [0.29, 0.717) is 6.54 Å². The van der Waals surface area contributed by atoms with Crippen LogP contribution in [-0.4, -0.2) is 38.9 Å². The van der Waals surface area contributed by atoms with Gasteiger partial charge in [0.15, 0.2) is 6.29 Å². The molecule has 8 nitrogen and oxygen atoms in total. The van der Waals surface area contributed by atoms with Gasteiger partial charge in [0.2, 0.25) is 5.91 Å². The number of nitrogens with one attached hydrogen (secondary N) is 1. The number of pyridine rings is 1. The van der Waals surface area contributed by atoms with Crippen LogP contribution in [-0.2, 0) is 32.2 Å². The van der Waals surface area contributed by atoms with Crippen molar-refractivity contribution in [3.63, 3.8) is 0 Å². The van der Waals surface area contributed by atoms with Crippen molar-refractivity contribution in [2.45, 2.75) is 56.4 Å². The molecule has 1 aromatic heterocycles. The van der Waals surface area contributed by atoms with Gasteiger partial charge in [-0.15, -0.1) is 11.8 Å². The third-order valence-corrected chi connectivity index (χ3v) is 8.69. The first-order valence-electron chi connectivity index (χ1n) is 14.6. The largest absolute Gasteiger partial charge is 0.481 e. The number of nitrogens with zero attached hydrogens (tertiary/aromatic N) is 1. The van der Waals surface area contributed by atoms with Crippen LogP contribution in [0, 0.1) is 5.92 Å². The number of hydrogen-bond donors (Lipinski definition) is 3. The molecule has 1 aliphatic rings. The molecule has 228 valence electrons. The third kappa shape index (κ3) is 8.33. The molecular formula is C35H36N2O6S. The zero-order valence-electron chi connectivity index (χ0n) is 24.5. The molecule has 0 saturated carbocycles. The molecule has 0 spiro atoms. The minimum Gasteiger partial charge on any atom is -0.481 e. The van der Waals surface area contributed by atoms with Crippen LogP contribution in [0.3, 0.4) is 0 Å². The van der Waals surface area contributed by atoms with Crippen LogP contribution in [0.5, 0.6) is 0 Å². The lowest BCUT2D eigenvalue weighted by molar-refractivity contribution is -0.268. The van der Waals surface area contributed by atoms with Gasteiger partial charge in [-0.25, -0.2) is 4.98 Å². The van der Waals surface area contributed by atoms with E-state index in [4.69, 9.17) is 14.6 Å². The minimum absolute atomic E-state index is 0.00683. The number of carboxylic acid groups (broad SMARTS) is 1. The normalized spacial score (nSPS) is 19.8. The van der Waals surface area contributed by atoms with Gasteiger partial charge in [-0.1, -0.05) is 79.7 Å². The Hall–Kier alpha value is -4.02. The van der Waals surface area contributed by atoms with Gasteiger partial charge in [-0.3, -0.25) is 9.59 Å². The molecule has 0 radical (unpaired) electrons. The highest BCUT2D eigenvalue weighted by Gasteiger charge is 2.38. The highest BCUT2D eigenvalue weighted by atomic mass is 32.2. The van der Waals surface area contributed by atoms with Gasteiger partial charge in [0.1, 0.15) is 0 Å². The Morgan fingerprint density at radius 3 is 2.34 bits per heavy atom. The highest BCUT2D eigenvalue weighted by Crippen LogP contribution is 2.43. The van der Waals surface area contributed by atoms with E-state index in [9.17, 15) is 14.7 Å². The molecule has 0 bridgehead atoms. The average molecular weight is 613 g/mol. The van der Waals surface area contributed by atoms with Crippen molar-refractivity contribution < 1.29 is 29.3 Å². The fraction of sp³-hybridized carbons (Fsp3) is 0.286. The Morgan fingerprint density at radius 2 is 1.64 bits per heavy atom. The summed E-state index contributed by atoms with van der Waals surface area (Å²) in [6.07, 6.45) is 0.706. The van der Waals surface area contributed by atoms with Gasteiger partial charge in [0, 0.05) is 36.4 Å². The Kier molecular flexibility index (Phi) is 10.8. The topological polar surface area (TPSA) is 118 Å². The summed E-state index contributed by atoms with van der Waals surface area (Å²) in [5, 5.41) is 22.0. The maximum atomic E-state index is 11.9. The van der Waals surface area contributed by atoms with Gasteiger partial charge in [-0.2, -0.15) is 0 Å². The van der Waals surface area contributed by atoms with E-state index in [1.165, 1.54) is 0 Å². The maximum absolute atomic E-state index is 11.9. The monoisotopic (exact) mass is 612 g/mol. The zero-order valence-corrected chi connectivity index (χ0v) is 25.3. The molecule has 5 rings (SSSR count). The number of hydrogen-bond acceptors (Lipinski definition) is 7. The van der Waals surface area contributed by atoms with Crippen LogP contribution in [0.2, 0.25) is 0 Å². The van der Waals surface area contributed by atoms with Crippen LogP contribution >= 0.6 is 11.8 Å². The van der Waals surface area contributed by atoms with E-state index in [2.05, 4.69) is 17.2 Å². The van der Waals surface area contributed by atoms with E-state index in [1.54, 1.807) is 18.0 Å². The first-order chi connectivity index (χ1) is 21.4. The average Bonchev–Trinajstić information content (AvgIpc) is 3.06. The number of rotatable bonds is 12. The lowest BCUT2D eigenvalue weighted by Crippen LogP contribution is -2.38. The number of carbonyl (C=O) groups is 2. The maximum Gasteiger partial charge on any atom is 0.303 e. The summed E-state index contributed by atoms with van der Waals surface area (Å²) < 4.78 is 13.2. The molecular weight excluding hydrogens is 576 g/mol. The van der Waals surface area contributed by atoms with Crippen molar-refractivity contribution in [3.05, 3.63) is 119 Å². The fourth-order valence-electron chi connectivity index (χ4n) is 5.11. The summed E-state index contributed by atoms with van der Waals surface area (Å²) in [6.45, 7) is 2.47. The number of aliphatic hydroxyl groups excluding tert-OH is 1. The number of carbonyl (C=O) groups excluding carboxylic acids is 1. The van der Waals surface area contributed by atoms with E-state index in [0.717, 1.165) is 44.2 Å². The van der Waals surface area contributed by atoms with E-state index in [1.807, 2.05) is 91.0 Å². The van der Waals surface area contributed by atoms with Gasteiger partial charge >= 0.3 is 5.97 Å². The van der Waals surface area contributed by atoms with Crippen molar-refractivity contribution in [2.24, 2.45) is 5.92 Å². The van der Waals surface area contributed by atoms with Gasteiger partial charge < -0.3 is 25.0 Å². The third-order valence-electron chi connectivity index (χ3n) is 7.66. The first-order valence-corrected chi connectivity index (χ1v) is 15.6. The molecule has 4 atom stereocenters. The molecule has 1 fully saturated rings. The summed E-state index contributed by atoms with van der Waals surface area (Å²) in [7, 11) is 0. The summed E-state index contributed by atoms with van der Waals surface area (Å²) in [6, 6.07) is 29.8. The van der Waals surface area contributed by atoms with Gasteiger partial charge in [0.05, 0.1) is 30.3 Å². The van der Waals surface area contributed by atoms with Crippen LogP contribution in [0.1, 0.15) is 54.4 Å². The number of aliphatic carboxylic acids is 1. The molecule has 0 unspecified atom stereocenters. The number of aliphatic hydroxyl groups is 1. The summed E-state index contributed by atoms with van der Waals surface area (Å²) in [5.41, 5.74) is 5.74. The number of thioether (sulfide) groups is 1. The Morgan fingerprint density at radius 1 is 0.864 bits per heavy atom.